The Hall–Kier alpha value is -1.55. The van der Waals surface area contributed by atoms with E-state index in [4.69, 9.17) is 5.73 Å². The van der Waals surface area contributed by atoms with E-state index in [1.165, 1.54) is 19.4 Å². The van der Waals surface area contributed by atoms with E-state index in [0.29, 0.717) is 17.6 Å². The van der Waals surface area contributed by atoms with E-state index in [-0.39, 0.29) is 5.91 Å². The van der Waals surface area contributed by atoms with Gasteiger partial charge in [-0.25, -0.2) is 0 Å². The zero-order valence-corrected chi connectivity index (χ0v) is 11.4. The van der Waals surface area contributed by atoms with E-state index in [1.54, 1.807) is 12.1 Å². The van der Waals surface area contributed by atoms with Crippen LogP contribution in [-0.2, 0) is 0 Å². The summed E-state index contributed by atoms with van der Waals surface area (Å²) >= 11 is 0. The molecule has 2 unspecified atom stereocenters. The topological polar surface area (TPSA) is 58.4 Å². The number of amides is 1. The molecule has 1 aromatic rings. The third-order valence-corrected chi connectivity index (χ3v) is 4.45. The molecule has 102 valence electrons. The fourth-order valence-electron chi connectivity index (χ4n) is 3.32. The Balaban J connectivity index is 1.69. The van der Waals surface area contributed by atoms with E-state index in [1.807, 2.05) is 13.0 Å². The van der Waals surface area contributed by atoms with Crippen LogP contribution in [0.4, 0.5) is 5.69 Å². The number of rotatable bonds is 2. The lowest BCUT2D eigenvalue weighted by molar-refractivity contribution is 0.0929. The second-order valence-electron chi connectivity index (χ2n) is 5.69. The van der Waals surface area contributed by atoms with Crippen molar-refractivity contribution in [3.05, 3.63) is 29.3 Å². The van der Waals surface area contributed by atoms with Crippen LogP contribution in [0.5, 0.6) is 0 Å². The molecule has 1 aromatic carbocycles. The lowest BCUT2D eigenvalue weighted by Gasteiger charge is -2.21. The molecule has 2 atom stereocenters. The van der Waals surface area contributed by atoms with E-state index >= 15 is 0 Å². The largest absolute Gasteiger partial charge is 0.399 e. The first-order valence-electron chi connectivity index (χ1n) is 7.06. The number of carbonyl (C=O) groups excluding carboxylic acids is 1. The van der Waals surface area contributed by atoms with Crippen molar-refractivity contribution in [1.29, 1.82) is 0 Å². The summed E-state index contributed by atoms with van der Waals surface area (Å²) in [7, 11) is 0. The Kier molecular flexibility index (Phi) is 3.19. The molecule has 0 bridgehead atoms. The van der Waals surface area contributed by atoms with Crippen molar-refractivity contribution < 1.29 is 4.79 Å². The summed E-state index contributed by atoms with van der Waals surface area (Å²) in [6, 6.07) is 6.35. The van der Waals surface area contributed by atoms with Crippen molar-refractivity contribution in [1.82, 2.24) is 10.2 Å². The fourth-order valence-corrected chi connectivity index (χ4v) is 3.32. The lowest BCUT2D eigenvalue weighted by Crippen LogP contribution is -2.42. The molecule has 2 aliphatic heterocycles. The van der Waals surface area contributed by atoms with Crippen LogP contribution in [0.2, 0.25) is 0 Å². The second-order valence-corrected chi connectivity index (χ2v) is 5.69. The van der Waals surface area contributed by atoms with Crippen molar-refractivity contribution in [3.63, 3.8) is 0 Å². The van der Waals surface area contributed by atoms with Crippen LogP contribution in [0.3, 0.4) is 0 Å². The number of hydrogen-bond donors (Lipinski definition) is 2. The number of nitrogens with zero attached hydrogens (tertiary/aromatic N) is 1. The summed E-state index contributed by atoms with van der Waals surface area (Å²) < 4.78 is 0. The first kappa shape index (κ1) is 12.5. The Labute approximate surface area is 114 Å². The van der Waals surface area contributed by atoms with Gasteiger partial charge in [0, 0.05) is 29.9 Å². The molecule has 2 aliphatic rings. The number of nitrogens with one attached hydrogen (secondary N) is 1. The molecule has 0 spiro atoms. The summed E-state index contributed by atoms with van der Waals surface area (Å²) in [5, 5.41) is 3.19. The average molecular weight is 259 g/mol. The van der Waals surface area contributed by atoms with Crippen molar-refractivity contribution in [3.8, 4) is 0 Å². The molecule has 0 aliphatic carbocycles. The number of carbonyl (C=O) groups is 1. The zero-order chi connectivity index (χ0) is 13.4. The molecule has 0 radical (unpaired) electrons. The van der Waals surface area contributed by atoms with E-state index < -0.39 is 0 Å². The number of nitrogens with two attached hydrogens (primary N) is 1. The molecule has 4 nitrogen and oxygen atoms in total. The minimum Gasteiger partial charge on any atom is -0.399 e. The van der Waals surface area contributed by atoms with Gasteiger partial charge in [0.15, 0.2) is 0 Å². The van der Waals surface area contributed by atoms with Gasteiger partial charge in [-0.2, -0.15) is 0 Å². The number of fused-ring (bicyclic) bond motifs is 1. The number of aryl methyl sites for hydroxylation is 1. The van der Waals surface area contributed by atoms with Gasteiger partial charge in [0.1, 0.15) is 0 Å². The molecular weight excluding hydrogens is 238 g/mol. The van der Waals surface area contributed by atoms with Crippen LogP contribution >= 0.6 is 0 Å². The smallest absolute Gasteiger partial charge is 0.251 e. The van der Waals surface area contributed by atoms with Gasteiger partial charge < -0.3 is 11.1 Å². The molecular formula is C15H21N3O. The van der Waals surface area contributed by atoms with Gasteiger partial charge in [0.25, 0.3) is 5.91 Å². The normalized spacial score (nSPS) is 26.4. The van der Waals surface area contributed by atoms with Gasteiger partial charge >= 0.3 is 0 Å². The monoisotopic (exact) mass is 259 g/mol. The summed E-state index contributed by atoms with van der Waals surface area (Å²) in [5.74, 6) is 0.0295. The van der Waals surface area contributed by atoms with Crippen LogP contribution in [0.1, 0.15) is 35.2 Å². The maximum absolute atomic E-state index is 12.3. The van der Waals surface area contributed by atoms with Crippen LogP contribution in [0.15, 0.2) is 18.2 Å². The van der Waals surface area contributed by atoms with E-state index in [2.05, 4.69) is 10.2 Å². The standard InChI is InChI=1S/C15H21N3O/c1-10-9-11(4-5-12(10)16)15(19)17-13-6-8-18-7-2-3-14(13)18/h4-5,9,13-14H,2-3,6-8,16H2,1H3,(H,17,19). The zero-order valence-electron chi connectivity index (χ0n) is 11.4. The van der Waals surface area contributed by atoms with Gasteiger partial charge in [-0.1, -0.05) is 0 Å². The summed E-state index contributed by atoms with van der Waals surface area (Å²) in [4.78, 5) is 14.8. The highest BCUT2D eigenvalue weighted by atomic mass is 16.1. The summed E-state index contributed by atoms with van der Waals surface area (Å²) in [5.41, 5.74) is 8.19. The van der Waals surface area contributed by atoms with Crippen molar-refractivity contribution in [2.75, 3.05) is 18.8 Å². The number of nitrogen functional groups attached to an aromatic ring is 1. The van der Waals surface area contributed by atoms with Crippen molar-refractivity contribution in [2.45, 2.75) is 38.3 Å². The predicted molar refractivity (Wildman–Crippen MR) is 76.1 cm³/mol. The predicted octanol–water partition coefficient (Wildman–Crippen LogP) is 1.54. The van der Waals surface area contributed by atoms with E-state index in [9.17, 15) is 4.79 Å². The first-order chi connectivity index (χ1) is 9.15. The molecule has 2 fully saturated rings. The first-order valence-corrected chi connectivity index (χ1v) is 7.06. The quantitative estimate of drug-likeness (QED) is 0.792. The van der Waals surface area contributed by atoms with Gasteiger partial charge in [0.2, 0.25) is 0 Å². The third-order valence-electron chi connectivity index (χ3n) is 4.45. The minimum absolute atomic E-state index is 0.0295. The third kappa shape index (κ3) is 2.32. The van der Waals surface area contributed by atoms with Crippen LogP contribution in [0.25, 0.3) is 0 Å². The minimum atomic E-state index is 0.0295. The molecule has 2 saturated heterocycles. The highest BCUT2D eigenvalue weighted by molar-refractivity contribution is 5.95. The second kappa shape index (κ2) is 4.85. The Bertz CT molecular complexity index is 500. The molecule has 3 rings (SSSR count). The maximum Gasteiger partial charge on any atom is 0.251 e. The number of hydrogen-bond acceptors (Lipinski definition) is 3. The highest BCUT2D eigenvalue weighted by Crippen LogP contribution is 2.28. The van der Waals surface area contributed by atoms with Crippen LogP contribution in [0, 0.1) is 6.92 Å². The molecule has 19 heavy (non-hydrogen) atoms. The molecule has 2 heterocycles. The maximum atomic E-state index is 12.3. The van der Waals surface area contributed by atoms with Gasteiger partial charge in [0.05, 0.1) is 0 Å². The summed E-state index contributed by atoms with van der Waals surface area (Å²) in [6.07, 6.45) is 3.55. The molecule has 1 amide bonds. The number of anilines is 1. The number of benzene rings is 1. The SMILES string of the molecule is Cc1cc(C(=O)NC2CCN3CCCC23)ccc1N. The van der Waals surface area contributed by atoms with Gasteiger partial charge in [-0.05, 0) is 56.5 Å². The van der Waals surface area contributed by atoms with Gasteiger partial charge in [-0.3, -0.25) is 9.69 Å². The molecule has 0 aromatic heterocycles. The average Bonchev–Trinajstić information content (AvgIpc) is 2.97. The van der Waals surface area contributed by atoms with Gasteiger partial charge in [-0.15, -0.1) is 0 Å². The lowest BCUT2D eigenvalue weighted by atomic mass is 10.0. The Morgan fingerprint density at radius 3 is 3.00 bits per heavy atom. The van der Waals surface area contributed by atoms with E-state index in [0.717, 1.165) is 24.2 Å². The van der Waals surface area contributed by atoms with Crippen molar-refractivity contribution in [2.24, 2.45) is 0 Å². The highest BCUT2D eigenvalue weighted by Gasteiger charge is 2.37. The van der Waals surface area contributed by atoms with Crippen molar-refractivity contribution >= 4 is 11.6 Å². The Morgan fingerprint density at radius 2 is 2.21 bits per heavy atom. The van der Waals surface area contributed by atoms with Crippen LogP contribution < -0.4 is 11.1 Å². The van der Waals surface area contributed by atoms with Crippen LogP contribution in [-0.4, -0.2) is 36.0 Å². The molecule has 4 heteroatoms. The molecule has 0 saturated carbocycles. The fraction of sp³-hybridized carbons (Fsp3) is 0.533. The Morgan fingerprint density at radius 1 is 1.37 bits per heavy atom. The molecule has 3 N–H and O–H groups in total. The summed E-state index contributed by atoms with van der Waals surface area (Å²) in [6.45, 7) is 4.24.